The van der Waals surface area contributed by atoms with Gasteiger partial charge in [0, 0.05) is 6.54 Å². The van der Waals surface area contributed by atoms with Gasteiger partial charge in [-0.2, -0.15) is 5.10 Å². The maximum Gasteiger partial charge on any atom is 0.148 e. The molecule has 0 spiro atoms. The van der Waals surface area contributed by atoms with Crippen LogP contribution in [-0.2, 0) is 12.8 Å². The van der Waals surface area contributed by atoms with Crippen LogP contribution in [0.2, 0.25) is 0 Å². The summed E-state index contributed by atoms with van der Waals surface area (Å²) >= 11 is 0. The molecule has 1 N–H and O–H groups in total. The van der Waals surface area contributed by atoms with E-state index >= 15 is 0 Å². The Kier molecular flexibility index (Phi) is 5.08. The first-order chi connectivity index (χ1) is 7.31. The molecule has 0 radical (unpaired) electrons. The van der Waals surface area contributed by atoms with Gasteiger partial charge in [0.1, 0.15) is 5.82 Å². The lowest BCUT2D eigenvalue weighted by molar-refractivity contribution is 0.811. The molecule has 0 unspecified atom stereocenters. The van der Waals surface area contributed by atoms with Crippen LogP contribution in [0.25, 0.3) is 0 Å². The summed E-state index contributed by atoms with van der Waals surface area (Å²) in [6, 6.07) is 2.13. The van der Waals surface area contributed by atoms with Crippen molar-refractivity contribution in [1.82, 2.24) is 10.2 Å². The molecule has 0 amide bonds. The highest BCUT2D eigenvalue weighted by molar-refractivity contribution is 5.38. The maximum absolute atomic E-state index is 4.28. The molecule has 0 saturated carbocycles. The molecule has 0 saturated heterocycles. The fourth-order valence-corrected chi connectivity index (χ4v) is 1.55. The number of anilines is 1. The molecule has 3 nitrogen and oxygen atoms in total. The molecule has 1 rings (SSSR count). The molecule has 0 aliphatic carbocycles. The summed E-state index contributed by atoms with van der Waals surface area (Å²) in [4.78, 5) is 0. The normalized spacial score (nSPS) is 10.3. The molecule has 0 aromatic carbocycles. The third kappa shape index (κ3) is 3.50. The van der Waals surface area contributed by atoms with Crippen molar-refractivity contribution in [1.29, 1.82) is 0 Å². The van der Waals surface area contributed by atoms with Crippen molar-refractivity contribution >= 4 is 5.82 Å². The zero-order chi connectivity index (χ0) is 11.1. The molecular formula is C12H21N3. The predicted octanol–water partition coefficient (Wildman–Crippen LogP) is 2.81. The van der Waals surface area contributed by atoms with Gasteiger partial charge >= 0.3 is 0 Å². The highest BCUT2D eigenvalue weighted by Crippen LogP contribution is 2.12. The van der Waals surface area contributed by atoms with Crippen LogP contribution in [0.3, 0.4) is 0 Å². The van der Waals surface area contributed by atoms with Gasteiger partial charge in [-0.15, -0.1) is 5.10 Å². The summed E-state index contributed by atoms with van der Waals surface area (Å²) in [7, 11) is 0. The monoisotopic (exact) mass is 207 g/mol. The van der Waals surface area contributed by atoms with Gasteiger partial charge in [0.15, 0.2) is 0 Å². The molecule has 0 bridgehead atoms. The second kappa shape index (κ2) is 6.38. The molecule has 0 aliphatic rings. The van der Waals surface area contributed by atoms with E-state index in [0.717, 1.165) is 43.7 Å². The number of hydrogen-bond donors (Lipinski definition) is 1. The van der Waals surface area contributed by atoms with E-state index < -0.39 is 0 Å². The van der Waals surface area contributed by atoms with Crippen molar-refractivity contribution in [2.45, 2.75) is 46.5 Å². The van der Waals surface area contributed by atoms with Crippen LogP contribution < -0.4 is 5.32 Å². The summed E-state index contributed by atoms with van der Waals surface area (Å²) in [5.41, 5.74) is 2.48. The minimum Gasteiger partial charge on any atom is -0.369 e. The third-order valence-electron chi connectivity index (χ3n) is 2.38. The highest BCUT2D eigenvalue weighted by atomic mass is 15.2. The van der Waals surface area contributed by atoms with E-state index in [1.165, 1.54) is 5.56 Å². The summed E-state index contributed by atoms with van der Waals surface area (Å²) in [5.74, 6) is 0.911. The first-order valence-corrected chi connectivity index (χ1v) is 5.91. The van der Waals surface area contributed by atoms with Gasteiger partial charge in [-0.1, -0.05) is 27.2 Å². The molecule has 1 aromatic heterocycles. The lowest BCUT2D eigenvalue weighted by Crippen LogP contribution is -2.06. The SMILES string of the molecule is CCCNc1cc(CC)c(CCC)nn1. The van der Waals surface area contributed by atoms with E-state index in [2.05, 4.69) is 42.4 Å². The van der Waals surface area contributed by atoms with Crippen LogP contribution in [0.1, 0.15) is 44.9 Å². The second-order valence-electron chi connectivity index (χ2n) is 3.73. The Balaban J connectivity index is 2.77. The van der Waals surface area contributed by atoms with E-state index in [4.69, 9.17) is 0 Å². The van der Waals surface area contributed by atoms with Crippen molar-refractivity contribution in [3.05, 3.63) is 17.3 Å². The number of nitrogens with zero attached hydrogens (tertiary/aromatic N) is 2. The number of rotatable bonds is 6. The van der Waals surface area contributed by atoms with E-state index in [-0.39, 0.29) is 0 Å². The number of nitrogens with one attached hydrogen (secondary N) is 1. The van der Waals surface area contributed by atoms with Crippen molar-refractivity contribution in [2.24, 2.45) is 0 Å². The Hall–Kier alpha value is -1.12. The van der Waals surface area contributed by atoms with E-state index in [9.17, 15) is 0 Å². The van der Waals surface area contributed by atoms with Gasteiger partial charge in [0.25, 0.3) is 0 Å². The van der Waals surface area contributed by atoms with Gasteiger partial charge in [-0.3, -0.25) is 0 Å². The van der Waals surface area contributed by atoms with Crippen molar-refractivity contribution in [2.75, 3.05) is 11.9 Å². The molecule has 0 aliphatic heterocycles. The van der Waals surface area contributed by atoms with E-state index in [1.54, 1.807) is 0 Å². The minimum atomic E-state index is 0.911. The standard InChI is InChI=1S/C12H21N3/c1-4-7-11-10(6-3)9-12(15-14-11)13-8-5-2/h9H,4-8H2,1-3H3,(H,13,15). The van der Waals surface area contributed by atoms with Crippen LogP contribution in [0.4, 0.5) is 5.82 Å². The lowest BCUT2D eigenvalue weighted by Gasteiger charge is -2.08. The second-order valence-corrected chi connectivity index (χ2v) is 3.73. The van der Waals surface area contributed by atoms with Gasteiger partial charge in [-0.05, 0) is 30.9 Å². The molecular weight excluding hydrogens is 186 g/mol. The number of hydrogen-bond acceptors (Lipinski definition) is 3. The van der Waals surface area contributed by atoms with Crippen molar-refractivity contribution in [3.63, 3.8) is 0 Å². The summed E-state index contributed by atoms with van der Waals surface area (Å²) in [6.45, 7) is 7.45. The molecule has 15 heavy (non-hydrogen) atoms. The largest absolute Gasteiger partial charge is 0.369 e. The van der Waals surface area contributed by atoms with Crippen LogP contribution >= 0.6 is 0 Å². The predicted molar refractivity (Wildman–Crippen MR) is 64.2 cm³/mol. The fourth-order valence-electron chi connectivity index (χ4n) is 1.55. The van der Waals surface area contributed by atoms with Gasteiger partial charge < -0.3 is 5.32 Å². The summed E-state index contributed by atoms with van der Waals surface area (Å²) < 4.78 is 0. The zero-order valence-electron chi connectivity index (χ0n) is 10.0. The smallest absolute Gasteiger partial charge is 0.148 e. The third-order valence-corrected chi connectivity index (χ3v) is 2.38. The zero-order valence-corrected chi connectivity index (χ0v) is 10.0. The van der Waals surface area contributed by atoms with Gasteiger partial charge in [-0.25, -0.2) is 0 Å². The van der Waals surface area contributed by atoms with Crippen molar-refractivity contribution in [3.8, 4) is 0 Å². The van der Waals surface area contributed by atoms with Crippen LogP contribution in [-0.4, -0.2) is 16.7 Å². The van der Waals surface area contributed by atoms with Crippen molar-refractivity contribution < 1.29 is 0 Å². The first-order valence-electron chi connectivity index (χ1n) is 5.91. The first kappa shape index (κ1) is 12.0. The summed E-state index contributed by atoms with van der Waals surface area (Å²) in [6.07, 6.45) is 4.30. The van der Waals surface area contributed by atoms with Gasteiger partial charge in [0.05, 0.1) is 5.69 Å². The molecule has 1 heterocycles. The average molecular weight is 207 g/mol. The Bertz CT molecular complexity index is 297. The Labute approximate surface area is 92.3 Å². The van der Waals surface area contributed by atoms with Gasteiger partial charge in [0.2, 0.25) is 0 Å². The van der Waals surface area contributed by atoms with Crippen LogP contribution in [0, 0.1) is 0 Å². The molecule has 1 aromatic rings. The number of aryl methyl sites for hydroxylation is 2. The van der Waals surface area contributed by atoms with Crippen LogP contribution in [0.15, 0.2) is 6.07 Å². The van der Waals surface area contributed by atoms with E-state index in [0.29, 0.717) is 0 Å². The quantitative estimate of drug-likeness (QED) is 0.779. The van der Waals surface area contributed by atoms with Crippen LogP contribution in [0.5, 0.6) is 0 Å². The molecule has 3 heteroatoms. The minimum absolute atomic E-state index is 0.911. The van der Waals surface area contributed by atoms with E-state index in [1.807, 2.05) is 0 Å². The highest BCUT2D eigenvalue weighted by Gasteiger charge is 2.04. The Morgan fingerprint density at radius 3 is 2.53 bits per heavy atom. The lowest BCUT2D eigenvalue weighted by atomic mass is 10.1. The summed E-state index contributed by atoms with van der Waals surface area (Å²) in [5, 5.41) is 11.7. The Morgan fingerprint density at radius 1 is 1.13 bits per heavy atom. The maximum atomic E-state index is 4.28. The molecule has 0 fully saturated rings. The number of aromatic nitrogens is 2. The Morgan fingerprint density at radius 2 is 1.93 bits per heavy atom. The topological polar surface area (TPSA) is 37.8 Å². The fraction of sp³-hybridized carbons (Fsp3) is 0.667. The average Bonchev–Trinajstić information content (AvgIpc) is 2.28. The molecule has 84 valence electrons. The molecule has 0 atom stereocenters.